The van der Waals surface area contributed by atoms with E-state index in [0.29, 0.717) is 41.7 Å². The van der Waals surface area contributed by atoms with Crippen LogP contribution in [0.15, 0.2) is 24.7 Å². The van der Waals surface area contributed by atoms with E-state index in [4.69, 9.17) is 33.7 Å². The highest BCUT2D eigenvalue weighted by atomic mass is 28.4. The zero-order chi connectivity index (χ0) is 33.5. The molecule has 3 aromatic heterocycles. The number of ether oxygens (including phenoxy) is 3. The molecule has 1 aromatic carbocycles. The zero-order valence-corrected chi connectivity index (χ0v) is 30.4. The Bertz CT molecular complexity index is 1700. The van der Waals surface area contributed by atoms with Gasteiger partial charge in [0.05, 0.1) is 63.0 Å². The molecule has 254 valence electrons. The molecule has 0 amide bonds. The molecule has 1 unspecified atom stereocenters. The van der Waals surface area contributed by atoms with Crippen LogP contribution < -0.4 is 24.4 Å². The standard InChI is InChI=1S/C34H50N8O4Si/c1-22-29-31(41-16-12-15-24(41)20-46-47(8,9)34(2,3)4)37-33(38-32(29)42(39-22)23-13-10-11-14-23)36-28-19-40(21-35-28)25-17-26(43-5)30(45-7)27(18-25)44-6/h17-19,21,23-24H,10-16,20H2,1-9H3,(H,36,37,38). The lowest BCUT2D eigenvalue weighted by Gasteiger charge is -2.38. The summed E-state index contributed by atoms with van der Waals surface area (Å²) in [5.41, 5.74) is 2.66. The van der Waals surface area contributed by atoms with Crippen LogP contribution in [0.4, 0.5) is 17.6 Å². The maximum atomic E-state index is 6.76. The molecule has 1 saturated heterocycles. The van der Waals surface area contributed by atoms with Crippen LogP contribution in [-0.4, -0.2) is 78.1 Å². The van der Waals surface area contributed by atoms with Crippen LogP contribution in [0.2, 0.25) is 18.1 Å². The van der Waals surface area contributed by atoms with Gasteiger partial charge in [0, 0.05) is 18.7 Å². The Morgan fingerprint density at radius 2 is 1.66 bits per heavy atom. The Balaban J connectivity index is 1.36. The largest absolute Gasteiger partial charge is 0.493 e. The van der Waals surface area contributed by atoms with Gasteiger partial charge in [0.25, 0.3) is 0 Å². The average Bonchev–Trinajstić information content (AvgIpc) is 3.86. The minimum Gasteiger partial charge on any atom is -0.493 e. The van der Waals surface area contributed by atoms with Gasteiger partial charge >= 0.3 is 0 Å². The van der Waals surface area contributed by atoms with E-state index >= 15 is 0 Å². The molecule has 1 aliphatic heterocycles. The number of fused-ring (bicyclic) bond motifs is 1. The molecule has 47 heavy (non-hydrogen) atoms. The van der Waals surface area contributed by atoms with E-state index < -0.39 is 8.32 Å². The van der Waals surface area contributed by atoms with Crippen molar-refractivity contribution in [1.82, 2.24) is 29.3 Å². The van der Waals surface area contributed by atoms with Crippen LogP contribution in [-0.2, 0) is 4.43 Å². The molecule has 1 atom stereocenters. The topological polar surface area (TPSA) is 114 Å². The van der Waals surface area contributed by atoms with Gasteiger partial charge in [0.2, 0.25) is 11.7 Å². The van der Waals surface area contributed by atoms with Crippen LogP contribution in [0.25, 0.3) is 16.7 Å². The summed E-state index contributed by atoms with van der Waals surface area (Å²) < 4.78 is 27.4. The van der Waals surface area contributed by atoms with Crippen LogP contribution in [0.3, 0.4) is 0 Å². The molecule has 1 N–H and O–H groups in total. The monoisotopic (exact) mass is 662 g/mol. The van der Waals surface area contributed by atoms with E-state index in [9.17, 15) is 0 Å². The summed E-state index contributed by atoms with van der Waals surface area (Å²) in [5, 5.41) is 9.67. The third-order valence-corrected chi connectivity index (χ3v) is 14.7. The number of hydrogen-bond acceptors (Lipinski definition) is 10. The number of benzene rings is 1. The van der Waals surface area contributed by atoms with E-state index in [1.54, 1.807) is 27.7 Å². The van der Waals surface area contributed by atoms with E-state index in [1.165, 1.54) is 12.8 Å². The number of nitrogens with zero attached hydrogens (tertiary/aromatic N) is 7. The van der Waals surface area contributed by atoms with Gasteiger partial charge in [-0.05, 0) is 50.7 Å². The van der Waals surface area contributed by atoms with Crippen molar-refractivity contribution in [2.45, 2.75) is 96.4 Å². The van der Waals surface area contributed by atoms with Gasteiger partial charge in [0.1, 0.15) is 12.1 Å². The lowest BCUT2D eigenvalue weighted by Crippen LogP contribution is -2.45. The molecule has 0 radical (unpaired) electrons. The summed E-state index contributed by atoms with van der Waals surface area (Å²) in [4.78, 5) is 17.4. The highest BCUT2D eigenvalue weighted by molar-refractivity contribution is 6.74. The van der Waals surface area contributed by atoms with Gasteiger partial charge in [-0.1, -0.05) is 33.6 Å². The Kier molecular flexibility index (Phi) is 9.14. The predicted molar refractivity (Wildman–Crippen MR) is 188 cm³/mol. The van der Waals surface area contributed by atoms with Crippen molar-refractivity contribution in [1.29, 1.82) is 0 Å². The minimum atomic E-state index is -1.91. The Hall–Kier alpha value is -3.84. The maximum Gasteiger partial charge on any atom is 0.232 e. The summed E-state index contributed by atoms with van der Waals surface area (Å²) in [6, 6.07) is 4.35. The number of nitrogens with one attached hydrogen (secondary N) is 1. The number of rotatable bonds is 11. The first-order valence-electron chi connectivity index (χ1n) is 16.7. The second kappa shape index (κ2) is 13.0. The van der Waals surface area contributed by atoms with Crippen molar-refractivity contribution in [3.8, 4) is 22.9 Å². The van der Waals surface area contributed by atoms with Gasteiger partial charge in [-0.25, -0.2) is 9.67 Å². The number of aromatic nitrogens is 6. The minimum absolute atomic E-state index is 0.153. The number of methoxy groups -OCH3 is 3. The first kappa shape index (κ1) is 33.1. The first-order valence-corrected chi connectivity index (χ1v) is 19.6. The van der Waals surface area contributed by atoms with Crippen LogP contribution >= 0.6 is 0 Å². The summed E-state index contributed by atoms with van der Waals surface area (Å²) in [6.45, 7) is 15.2. The summed E-state index contributed by atoms with van der Waals surface area (Å²) in [5.74, 6) is 3.71. The Morgan fingerprint density at radius 1 is 0.957 bits per heavy atom. The SMILES string of the molecule is COc1cc(-n2cnc(Nc3nc(N4CCCC4CO[Si](C)(C)C(C)(C)C)c4c(C)nn(C5CCCC5)c4n3)c2)cc(OC)c1OC. The van der Waals surface area contributed by atoms with Crippen molar-refractivity contribution < 1.29 is 18.6 Å². The summed E-state index contributed by atoms with van der Waals surface area (Å²) >= 11 is 0. The van der Waals surface area contributed by atoms with Crippen molar-refractivity contribution in [2.24, 2.45) is 0 Å². The summed E-state index contributed by atoms with van der Waals surface area (Å²) in [6.07, 6.45) is 10.5. The van der Waals surface area contributed by atoms with Gasteiger partial charge in [0.15, 0.2) is 31.3 Å². The predicted octanol–water partition coefficient (Wildman–Crippen LogP) is 7.20. The van der Waals surface area contributed by atoms with Crippen molar-refractivity contribution in [3.05, 3.63) is 30.4 Å². The number of imidazole rings is 1. The lowest BCUT2D eigenvalue weighted by molar-refractivity contribution is 0.263. The molecule has 0 bridgehead atoms. The summed E-state index contributed by atoms with van der Waals surface area (Å²) in [7, 11) is 2.90. The molecule has 2 fully saturated rings. The van der Waals surface area contributed by atoms with Gasteiger partial charge in [-0.15, -0.1) is 0 Å². The molecular weight excluding hydrogens is 613 g/mol. The maximum absolute atomic E-state index is 6.76. The number of hydrogen-bond donors (Lipinski definition) is 1. The third-order valence-electron chi connectivity index (χ3n) is 10.2. The Morgan fingerprint density at radius 3 is 2.30 bits per heavy atom. The fraction of sp³-hybridized carbons (Fsp3) is 0.588. The lowest BCUT2D eigenvalue weighted by atomic mass is 10.2. The quantitative estimate of drug-likeness (QED) is 0.166. The molecule has 4 heterocycles. The Labute approximate surface area is 278 Å². The van der Waals surface area contributed by atoms with E-state index in [2.05, 4.69) is 60.7 Å². The van der Waals surface area contributed by atoms with Gasteiger partial charge < -0.3 is 33.4 Å². The molecule has 1 saturated carbocycles. The molecule has 2 aliphatic rings. The highest BCUT2D eigenvalue weighted by Crippen LogP contribution is 2.41. The molecule has 1 aliphatic carbocycles. The molecule has 12 nitrogen and oxygen atoms in total. The highest BCUT2D eigenvalue weighted by Gasteiger charge is 2.39. The average molecular weight is 663 g/mol. The smallest absolute Gasteiger partial charge is 0.232 e. The second-order valence-corrected chi connectivity index (χ2v) is 19.1. The molecular formula is C34H50N8O4Si. The third kappa shape index (κ3) is 6.39. The van der Waals surface area contributed by atoms with Crippen molar-refractivity contribution >= 4 is 36.9 Å². The van der Waals surface area contributed by atoms with Gasteiger partial charge in [-0.2, -0.15) is 15.1 Å². The molecule has 0 spiro atoms. The normalized spacial score (nSPS) is 17.6. The number of anilines is 3. The number of aryl methyl sites for hydroxylation is 1. The molecule has 13 heteroatoms. The van der Waals surface area contributed by atoms with E-state index in [0.717, 1.165) is 60.5 Å². The van der Waals surface area contributed by atoms with Crippen LogP contribution in [0.1, 0.15) is 71.0 Å². The zero-order valence-electron chi connectivity index (χ0n) is 29.4. The van der Waals surface area contributed by atoms with Gasteiger partial charge in [-0.3, -0.25) is 0 Å². The molecule has 4 aromatic rings. The van der Waals surface area contributed by atoms with Crippen molar-refractivity contribution in [2.75, 3.05) is 44.7 Å². The molecule has 6 rings (SSSR count). The van der Waals surface area contributed by atoms with E-state index in [1.807, 2.05) is 22.9 Å². The first-order chi connectivity index (χ1) is 22.4. The second-order valence-electron chi connectivity index (χ2n) is 14.3. The van der Waals surface area contributed by atoms with Crippen LogP contribution in [0, 0.1) is 6.92 Å². The van der Waals surface area contributed by atoms with E-state index in [-0.39, 0.29) is 11.1 Å². The fourth-order valence-electron chi connectivity index (χ4n) is 6.52. The van der Waals surface area contributed by atoms with Crippen LogP contribution in [0.5, 0.6) is 17.2 Å². The van der Waals surface area contributed by atoms with Crippen molar-refractivity contribution in [3.63, 3.8) is 0 Å². The fourth-order valence-corrected chi connectivity index (χ4v) is 7.56.